The molecular weight excluding hydrogens is 214 g/mol. The van der Waals surface area contributed by atoms with Gasteiger partial charge in [-0.3, -0.25) is 4.79 Å². The molecule has 2 rings (SSSR count). The van der Waals surface area contributed by atoms with Gasteiger partial charge in [-0.15, -0.1) is 0 Å². The molecule has 0 N–H and O–H groups in total. The molecule has 0 aromatic carbocycles. The second-order valence-corrected chi connectivity index (χ2v) is 5.80. The maximum Gasteiger partial charge on any atom is 0.223 e. The lowest BCUT2D eigenvalue weighted by molar-refractivity contribution is -0.134. The highest BCUT2D eigenvalue weighted by atomic mass is 16.5. The maximum atomic E-state index is 12.3. The molecule has 0 unspecified atom stereocenters. The van der Waals surface area contributed by atoms with Crippen LogP contribution in [0.15, 0.2) is 0 Å². The molecule has 98 valence electrons. The summed E-state index contributed by atoms with van der Waals surface area (Å²) in [5.41, 5.74) is 0. The molecule has 2 fully saturated rings. The van der Waals surface area contributed by atoms with Gasteiger partial charge < -0.3 is 9.64 Å². The fourth-order valence-electron chi connectivity index (χ4n) is 2.85. The van der Waals surface area contributed by atoms with E-state index in [0.717, 1.165) is 18.9 Å². The van der Waals surface area contributed by atoms with Gasteiger partial charge >= 0.3 is 0 Å². The van der Waals surface area contributed by atoms with E-state index in [0.29, 0.717) is 24.5 Å². The van der Waals surface area contributed by atoms with Crippen molar-refractivity contribution < 1.29 is 9.53 Å². The van der Waals surface area contributed by atoms with Crippen LogP contribution in [0.1, 0.15) is 45.4 Å². The molecule has 0 bridgehead atoms. The smallest absolute Gasteiger partial charge is 0.223 e. The van der Waals surface area contributed by atoms with Crippen LogP contribution in [0.4, 0.5) is 0 Å². The van der Waals surface area contributed by atoms with Gasteiger partial charge in [-0.25, -0.2) is 0 Å². The van der Waals surface area contributed by atoms with Crippen LogP contribution < -0.4 is 0 Å². The van der Waals surface area contributed by atoms with Crippen molar-refractivity contribution in [2.24, 2.45) is 11.8 Å². The SMILES string of the molecule is COCCN(C(=O)CC1CC1)[C@H]1CC[C@@H](C)C1. The van der Waals surface area contributed by atoms with Crippen LogP contribution in [0.25, 0.3) is 0 Å². The number of hydrogen-bond donors (Lipinski definition) is 0. The van der Waals surface area contributed by atoms with Crippen LogP contribution >= 0.6 is 0 Å². The minimum atomic E-state index is 0.364. The standard InChI is InChI=1S/C14H25NO2/c1-11-3-6-13(9-11)15(7-8-17-2)14(16)10-12-4-5-12/h11-13H,3-10H2,1-2H3/t11-,13+/m1/s1. The summed E-state index contributed by atoms with van der Waals surface area (Å²) in [4.78, 5) is 14.4. The molecule has 17 heavy (non-hydrogen) atoms. The van der Waals surface area contributed by atoms with Crippen molar-refractivity contribution in [1.29, 1.82) is 0 Å². The Morgan fingerprint density at radius 2 is 2.06 bits per heavy atom. The number of carbonyl (C=O) groups excluding carboxylic acids is 1. The molecule has 2 saturated carbocycles. The highest BCUT2D eigenvalue weighted by Gasteiger charge is 2.32. The second kappa shape index (κ2) is 5.85. The van der Waals surface area contributed by atoms with Crippen molar-refractivity contribution in [3.63, 3.8) is 0 Å². The zero-order chi connectivity index (χ0) is 12.3. The molecule has 0 aromatic heterocycles. The first-order valence-corrected chi connectivity index (χ1v) is 6.99. The van der Waals surface area contributed by atoms with Gasteiger partial charge in [0.15, 0.2) is 0 Å². The summed E-state index contributed by atoms with van der Waals surface area (Å²) in [6.45, 7) is 3.74. The maximum absolute atomic E-state index is 12.3. The number of amides is 1. The fraction of sp³-hybridized carbons (Fsp3) is 0.929. The van der Waals surface area contributed by atoms with E-state index < -0.39 is 0 Å². The summed E-state index contributed by atoms with van der Waals surface area (Å²) in [7, 11) is 1.71. The zero-order valence-electron chi connectivity index (χ0n) is 11.2. The molecule has 2 atom stereocenters. The highest BCUT2D eigenvalue weighted by Crippen LogP contribution is 2.35. The number of methoxy groups -OCH3 is 1. The van der Waals surface area contributed by atoms with Crippen molar-refractivity contribution >= 4 is 5.91 Å². The van der Waals surface area contributed by atoms with Crippen LogP contribution in [0.2, 0.25) is 0 Å². The number of hydrogen-bond acceptors (Lipinski definition) is 2. The third-order valence-corrected chi connectivity index (χ3v) is 4.12. The van der Waals surface area contributed by atoms with Crippen molar-refractivity contribution in [2.75, 3.05) is 20.3 Å². The molecule has 2 aliphatic rings. The van der Waals surface area contributed by atoms with Gasteiger partial charge in [0.25, 0.3) is 0 Å². The van der Waals surface area contributed by atoms with E-state index in [9.17, 15) is 4.79 Å². The minimum absolute atomic E-state index is 0.364. The average Bonchev–Trinajstić information content (AvgIpc) is 3.00. The van der Waals surface area contributed by atoms with Crippen LogP contribution in [0.3, 0.4) is 0 Å². The van der Waals surface area contributed by atoms with Crippen LogP contribution in [-0.4, -0.2) is 37.1 Å². The van der Waals surface area contributed by atoms with Gasteiger partial charge in [0.05, 0.1) is 6.61 Å². The minimum Gasteiger partial charge on any atom is -0.383 e. The highest BCUT2D eigenvalue weighted by molar-refractivity contribution is 5.77. The first kappa shape index (κ1) is 12.9. The second-order valence-electron chi connectivity index (χ2n) is 5.80. The Morgan fingerprint density at radius 3 is 2.59 bits per heavy atom. The number of carbonyl (C=O) groups is 1. The molecule has 0 heterocycles. The molecule has 0 radical (unpaired) electrons. The van der Waals surface area contributed by atoms with E-state index in [2.05, 4.69) is 11.8 Å². The third kappa shape index (κ3) is 3.70. The Hall–Kier alpha value is -0.570. The van der Waals surface area contributed by atoms with Crippen molar-refractivity contribution in [3.05, 3.63) is 0 Å². The Bertz CT molecular complexity index is 263. The average molecular weight is 239 g/mol. The van der Waals surface area contributed by atoms with E-state index in [4.69, 9.17) is 4.74 Å². The van der Waals surface area contributed by atoms with Gasteiger partial charge in [0, 0.05) is 26.1 Å². The molecule has 3 nitrogen and oxygen atoms in total. The Kier molecular flexibility index (Phi) is 4.43. The van der Waals surface area contributed by atoms with E-state index in [1.165, 1.54) is 32.1 Å². The fourth-order valence-corrected chi connectivity index (χ4v) is 2.85. The van der Waals surface area contributed by atoms with E-state index in [1.54, 1.807) is 7.11 Å². The molecule has 0 spiro atoms. The summed E-state index contributed by atoms with van der Waals surface area (Å²) in [6, 6.07) is 0.478. The molecule has 0 aromatic rings. The molecule has 0 saturated heterocycles. The Labute approximate surface area is 105 Å². The lowest BCUT2D eigenvalue weighted by Gasteiger charge is -2.29. The summed E-state index contributed by atoms with van der Waals surface area (Å²) in [6.07, 6.45) is 6.91. The Morgan fingerprint density at radius 1 is 1.29 bits per heavy atom. The normalized spacial score (nSPS) is 28.4. The van der Waals surface area contributed by atoms with Crippen molar-refractivity contribution in [1.82, 2.24) is 4.90 Å². The van der Waals surface area contributed by atoms with E-state index in [1.807, 2.05) is 0 Å². The number of rotatable bonds is 6. The predicted octanol–water partition coefficient (Wildman–Crippen LogP) is 2.45. The number of nitrogens with zero attached hydrogens (tertiary/aromatic N) is 1. The van der Waals surface area contributed by atoms with Gasteiger partial charge in [-0.05, 0) is 43.9 Å². The summed E-state index contributed by atoms with van der Waals surface area (Å²) >= 11 is 0. The quantitative estimate of drug-likeness (QED) is 0.712. The first-order valence-electron chi connectivity index (χ1n) is 6.99. The molecule has 3 heteroatoms. The van der Waals surface area contributed by atoms with Gasteiger partial charge in [-0.1, -0.05) is 6.92 Å². The van der Waals surface area contributed by atoms with E-state index >= 15 is 0 Å². The molecular formula is C14H25NO2. The monoisotopic (exact) mass is 239 g/mol. The largest absolute Gasteiger partial charge is 0.383 e. The van der Waals surface area contributed by atoms with Crippen LogP contribution in [0.5, 0.6) is 0 Å². The molecule has 1 amide bonds. The number of ether oxygens (including phenoxy) is 1. The summed E-state index contributed by atoms with van der Waals surface area (Å²) in [5.74, 6) is 1.83. The third-order valence-electron chi connectivity index (χ3n) is 4.12. The topological polar surface area (TPSA) is 29.5 Å². The lowest BCUT2D eigenvalue weighted by Crippen LogP contribution is -2.41. The molecule has 0 aliphatic heterocycles. The van der Waals surface area contributed by atoms with E-state index in [-0.39, 0.29) is 0 Å². The summed E-state index contributed by atoms with van der Waals surface area (Å²) in [5, 5.41) is 0. The van der Waals surface area contributed by atoms with Gasteiger partial charge in [-0.2, -0.15) is 0 Å². The van der Waals surface area contributed by atoms with Crippen molar-refractivity contribution in [3.8, 4) is 0 Å². The van der Waals surface area contributed by atoms with Gasteiger partial charge in [0.1, 0.15) is 0 Å². The van der Waals surface area contributed by atoms with Gasteiger partial charge in [0.2, 0.25) is 5.91 Å². The summed E-state index contributed by atoms with van der Waals surface area (Å²) < 4.78 is 5.14. The van der Waals surface area contributed by atoms with Crippen LogP contribution in [0, 0.1) is 11.8 Å². The Balaban J connectivity index is 1.88. The van der Waals surface area contributed by atoms with Crippen molar-refractivity contribution in [2.45, 2.75) is 51.5 Å². The molecule has 2 aliphatic carbocycles. The predicted molar refractivity (Wildman–Crippen MR) is 67.7 cm³/mol. The lowest BCUT2D eigenvalue weighted by atomic mass is 10.1. The zero-order valence-corrected chi connectivity index (χ0v) is 11.2. The van der Waals surface area contributed by atoms with Crippen LogP contribution in [-0.2, 0) is 9.53 Å². The first-order chi connectivity index (χ1) is 8.20.